The van der Waals surface area contributed by atoms with Gasteiger partial charge in [-0.3, -0.25) is 9.59 Å². The predicted octanol–water partition coefficient (Wildman–Crippen LogP) is 2.35. The molecule has 0 saturated carbocycles. The molecular weight excluding hydrogens is 254 g/mol. The van der Waals surface area contributed by atoms with Crippen molar-refractivity contribution in [2.45, 2.75) is 38.7 Å². The van der Waals surface area contributed by atoms with E-state index in [2.05, 4.69) is 0 Å². The Morgan fingerprint density at radius 3 is 2.85 bits per heavy atom. The second kappa shape index (κ2) is 5.37. The molecule has 1 aromatic rings. The number of rotatable bonds is 3. The van der Waals surface area contributed by atoms with Crippen molar-refractivity contribution in [2.75, 3.05) is 18.1 Å². The van der Waals surface area contributed by atoms with Gasteiger partial charge in [0.2, 0.25) is 0 Å². The van der Waals surface area contributed by atoms with Crippen molar-refractivity contribution in [3.63, 3.8) is 0 Å². The van der Waals surface area contributed by atoms with Gasteiger partial charge in [0.1, 0.15) is 0 Å². The lowest BCUT2D eigenvalue weighted by Crippen LogP contribution is -2.39. The van der Waals surface area contributed by atoms with Gasteiger partial charge in [-0.1, -0.05) is 13.0 Å². The van der Waals surface area contributed by atoms with Crippen LogP contribution in [-0.4, -0.2) is 30.9 Å². The summed E-state index contributed by atoms with van der Waals surface area (Å²) in [4.78, 5) is 25.8. The molecule has 0 spiro atoms. The molecule has 2 heterocycles. The Hall–Kier alpha value is -1.68. The average Bonchev–Trinajstić information content (AvgIpc) is 2.73. The molecule has 20 heavy (non-hydrogen) atoms. The van der Waals surface area contributed by atoms with Gasteiger partial charge in [-0.05, 0) is 43.4 Å². The number of hydrogen-bond acceptors (Lipinski definition) is 3. The average molecular weight is 273 g/mol. The van der Waals surface area contributed by atoms with Crippen LogP contribution < -0.4 is 4.90 Å². The minimum absolute atomic E-state index is 0.0531. The lowest BCUT2D eigenvalue weighted by Gasteiger charge is -2.27. The lowest BCUT2D eigenvalue weighted by molar-refractivity contribution is -0.114. The molecule has 1 fully saturated rings. The zero-order valence-electron chi connectivity index (χ0n) is 11.7. The van der Waals surface area contributed by atoms with Crippen LogP contribution in [-0.2, 0) is 16.0 Å². The maximum absolute atomic E-state index is 12.2. The minimum Gasteiger partial charge on any atom is -0.376 e. The number of nitrogens with zero attached hydrogens (tertiary/aromatic N) is 1. The summed E-state index contributed by atoms with van der Waals surface area (Å²) in [6.45, 7) is 3.28. The van der Waals surface area contributed by atoms with E-state index < -0.39 is 5.91 Å². The number of carbonyl (C=O) groups excluding carboxylic acids is 2. The number of carbonyl (C=O) groups is 2. The first-order valence-electron chi connectivity index (χ1n) is 7.31. The topological polar surface area (TPSA) is 46.6 Å². The zero-order chi connectivity index (χ0) is 14.1. The predicted molar refractivity (Wildman–Crippen MR) is 76.1 cm³/mol. The molecule has 0 bridgehead atoms. The number of fused-ring (bicyclic) bond motifs is 1. The Morgan fingerprint density at radius 2 is 2.15 bits per heavy atom. The van der Waals surface area contributed by atoms with Crippen LogP contribution in [0.3, 0.4) is 0 Å². The summed E-state index contributed by atoms with van der Waals surface area (Å²) in [5.74, 6) is -0.798. The van der Waals surface area contributed by atoms with Crippen LogP contribution in [0.25, 0.3) is 0 Å². The van der Waals surface area contributed by atoms with Crippen LogP contribution in [0.4, 0.5) is 5.69 Å². The lowest BCUT2D eigenvalue weighted by atomic mass is 10.1. The fraction of sp³-hybridized carbons (Fsp3) is 0.500. The van der Waals surface area contributed by atoms with Gasteiger partial charge in [0.25, 0.3) is 11.7 Å². The summed E-state index contributed by atoms with van der Waals surface area (Å²) in [6.07, 6.45) is 4.08. The van der Waals surface area contributed by atoms with Gasteiger partial charge in [0.05, 0.1) is 23.9 Å². The summed E-state index contributed by atoms with van der Waals surface area (Å²) in [5.41, 5.74) is 2.37. The van der Waals surface area contributed by atoms with Gasteiger partial charge in [-0.25, -0.2) is 0 Å². The van der Waals surface area contributed by atoms with Crippen LogP contribution >= 0.6 is 0 Å². The number of ether oxygens (including phenoxy) is 1. The standard InChI is InChI=1S/C16H19NO3/c1-2-11-6-7-14-13(9-11)15(18)16(19)17(14)10-12-5-3-4-8-20-12/h6-7,9,12H,2-5,8,10H2,1H3/t12-/m0/s1. The van der Waals surface area contributed by atoms with Gasteiger partial charge in [0, 0.05) is 6.61 Å². The first kappa shape index (κ1) is 13.3. The molecule has 0 N–H and O–H groups in total. The molecule has 1 amide bonds. The summed E-state index contributed by atoms with van der Waals surface area (Å²) >= 11 is 0. The number of benzene rings is 1. The van der Waals surface area contributed by atoms with E-state index in [9.17, 15) is 9.59 Å². The molecule has 2 aliphatic heterocycles. The number of anilines is 1. The Kier molecular flexibility index (Phi) is 3.57. The molecule has 4 nitrogen and oxygen atoms in total. The van der Waals surface area contributed by atoms with Crippen LogP contribution in [0.15, 0.2) is 18.2 Å². The quantitative estimate of drug-likeness (QED) is 0.794. The highest BCUT2D eigenvalue weighted by Crippen LogP contribution is 2.31. The number of Topliss-reactive ketones (excluding diaryl/α,β-unsaturated/α-hetero) is 1. The molecular formula is C16H19NO3. The van der Waals surface area contributed by atoms with E-state index >= 15 is 0 Å². The number of ketones is 1. The normalized spacial score (nSPS) is 22.2. The Bertz CT molecular complexity index is 547. The summed E-state index contributed by atoms with van der Waals surface area (Å²) < 4.78 is 5.68. The third kappa shape index (κ3) is 2.24. The largest absolute Gasteiger partial charge is 0.376 e. The minimum atomic E-state index is -0.414. The van der Waals surface area contributed by atoms with Crippen LogP contribution in [0.1, 0.15) is 42.1 Å². The number of aryl methyl sites for hydroxylation is 1. The van der Waals surface area contributed by atoms with Gasteiger partial charge in [0.15, 0.2) is 0 Å². The molecule has 0 unspecified atom stereocenters. The summed E-state index contributed by atoms with van der Waals surface area (Å²) in [7, 11) is 0. The number of hydrogen-bond donors (Lipinski definition) is 0. The smallest absolute Gasteiger partial charge is 0.299 e. The van der Waals surface area contributed by atoms with E-state index in [1.165, 1.54) is 0 Å². The van der Waals surface area contributed by atoms with Crippen LogP contribution in [0.5, 0.6) is 0 Å². The monoisotopic (exact) mass is 273 g/mol. The molecule has 1 atom stereocenters. The maximum atomic E-state index is 12.2. The molecule has 1 aromatic carbocycles. The van der Waals surface area contributed by atoms with Crippen molar-refractivity contribution < 1.29 is 14.3 Å². The van der Waals surface area contributed by atoms with E-state index in [0.29, 0.717) is 12.1 Å². The molecule has 2 aliphatic rings. The second-order valence-electron chi connectivity index (χ2n) is 5.44. The van der Waals surface area contributed by atoms with E-state index in [-0.39, 0.29) is 11.9 Å². The van der Waals surface area contributed by atoms with Crippen molar-refractivity contribution in [1.29, 1.82) is 0 Å². The highest BCUT2D eigenvalue weighted by atomic mass is 16.5. The number of amides is 1. The molecule has 4 heteroatoms. The van der Waals surface area contributed by atoms with Crippen molar-refractivity contribution in [3.05, 3.63) is 29.3 Å². The molecule has 106 valence electrons. The van der Waals surface area contributed by atoms with Gasteiger partial charge in [-0.15, -0.1) is 0 Å². The fourth-order valence-electron chi connectivity index (χ4n) is 2.90. The van der Waals surface area contributed by atoms with Crippen molar-refractivity contribution in [2.24, 2.45) is 0 Å². The van der Waals surface area contributed by atoms with Gasteiger partial charge < -0.3 is 9.64 Å². The molecule has 0 aromatic heterocycles. The fourth-order valence-corrected chi connectivity index (χ4v) is 2.90. The van der Waals surface area contributed by atoms with Gasteiger partial charge in [-0.2, -0.15) is 0 Å². The van der Waals surface area contributed by atoms with Crippen LogP contribution in [0.2, 0.25) is 0 Å². The van der Waals surface area contributed by atoms with E-state index in [4.69, 9.17) is 4.74 Å². The first-order valence-corrected chi connectivity index (χ1v) is 7.31. The molecule has 3 rings (SSSR count). The van der Waals surface area contributed by atoms with E-state index in [1.54, 1.807) is 4.90 Å². The Morgan fingerprint density at radius 1 is 1.30 bits per heavy atom. The SMILES string of the molecule is CCc1ccc2c(c1)C(=O)C(=O)N2C[C@@H]1CCCCO1. The van der Waals surface area contributed by atoms with Crippen molar-refractivity contribution in [1.82, 2.24) is 0 Å². The summed E-state index contributed by atoms with van der Waals surface area (Å²) in [6, 6.07) is 5.72. The third-order valence-electron chi connectivity index (χ3n) is 4.10. The summed E-state index contributed by atoms with van der Waals surface area (Å²) in [5, 5.41) is 0. The second-order valence-corrected chi connectivity index (χ2v) is 5.44. The molecule has 1 saturated heterocycles. The zero-order valence-corrected chi connectivity index (χ0v) is 11.7. The first-order chi connectivity index (χ1) is 9.70. The van der Waals surface area contributed by atoms with Crippen molar-refractivity contribution >= 4 is 17.4 Å². The van der Waals surface area contributed by atoms with Crippen molar-refractivity contribution in [3.8, 4) is 0 Å². The highest BCUT2D eigenvalue weighted by molar-refractivity contribution is 6.52. The maximum Gasteiger partial charge on any atom is 0.299 e. The van der Waals surface area contributed by atoms with Gasteiger partial charge >= 0.3 is 0 Å². The Labute approximate surface area is 118 Å². The Balaban J connectivity index is 1.86. The highest BCUT2D eigenvalue weighted by Gasteiger charge is 2.37. The van der Waals surface area contributed by atoms with Crippen LogP contribution in [0, 0.1) is 0 Å². The van der Waals surface area contributed by atoms with E-state index in [1.807, 2.05) is 25.1 Å². The molecule has 0 aliphatic carbocycles. The van der Waals surface area contributed by atoms with E-state index in [0.717, 1.165) is 43.5 Å². The third-order valence-corrected chi connectivity index (χ3v) is 4.10. The molecule has 0 radical (unpaired) electrons.